The summed E-state index contributed by atoms with van der Waals surface area (Å²) in [4.78, 5) is 40.5. The first-order valence-electron chi connectivity index (χ1n) is 20.0. The lowest BCUT2D eigenvalue weighted by Crippen LogP contribution is -2.52. The number of anilines is 1. The van der Waals surface area contributed by atoms with Crippen LogP contribution in [0.25, 0.3) is 10.9 Å². The number of hydrogen-bond donors (Lipinski definition) is 6. The second kappa shape index (κ2) is 18.9. The van der Waals surface area contributed by atoms with Gasteiger partial charge in [-0.25, -0.2) is 4.79 Å². The van der Waals surface area contributed by atoms with Gasteiger partial charge >= 0.3 is 5.97 Å². The highest BCUT2D eigenvalue weighted by atomic mass is 35.5. The van der Waals surface area contributed by atoms with E-state index in [-0.39, 0.29) is 35.4 Å². The van der Waals surface area contributed by atoms with Gasteiger partial charge in [-0.15, -0.1) is 0 Å². The highest BCUT2D eigenvalue weighted by Gasteiger charge is 2.52. The molecule has 1 aromatic heterocycles. The Morgan fingerprint density at radius 2 is 1.81 bits per heavy atom. The number of phenols is 1. The Kier molecular flexibility index (Phi) is 14.0. The number of halogens is 1. The molecule has 2 aliphatic carbocycles. The van der Waals surface area contributed by atoms with Crippen LogP contribution in [0.4, 0.5) is 5.69 Å². The number of amides is 1. The second-order valence-electron chi connectivity index (χ2n) is 15.7. The molecule has 0 bridgehead atoms. The number of aromatic hydroxyl groups is 1. The number of phenolic OH excluding ortho intramolecular Hbond substituents is 1. The molecule has 3 fully saturated rings. The van der Waals surface area contributed by atoms with Crippen molar-refractivity contribution in [3.05, 3.63) is 98.8 Å². The molecule has 0 radical (unpaired) electrons. The number of carbonyl (C=O) groups excluding carboxylic acids is 2. The number of methoxy groups -OCH3 is 1. The summed E-state index contributed by atoms with van der Waals surface area (Å²) in [5.74, 6) is 0.0148. The van der Waals surface area contributed by atoms with E-state index in [1.54, 1.807) is 24.3 Å². The molecule has 2 atom stereocenters. The van der Waals surface area contributed by atoms with Crippen LogP contribution in [0, 0.1) is 11.3 Å². The number of aromatic amines is 1. The van der Waals surface area contributed by atoms with Crippen LogP contribution >= 0.6 is 11.6 Å². The molecular weight excluding hydrogens is 748 g/mol. The van der Waals surface area contributed by atoms with Crippen molar-refractivity contribution in [1.29, 1.82) is 0 Å². The number of carbonyl (C=O) groups is 2. The predicted molar refractivity (Wildman–Crippen MR) is 220 cm³/mol. The molecule has 2 saturated carbocycles. The summed E-state index contributed by atoms with van der Waals surface area (Å²) >= 11 is 6.16. The van der Waals surface area contributed by atoms with Crippen LogP contribution in [-0.4, -0.2) is 77.0 Å². The van der Waals surface area contributed by atoms with Gasteiger partial charge < -0.3 is 45.3 Å². The molecule has 6 N–H and O–H groups in total. The zero-order valence-corrected chi connectivity index (χ0v) is 33.5. The molecule has 2 unspecified atom stereocenters. The number of likely N-dealkylation sites (tertiary alicyclic amines) is 1. The van der Waals surface area contributed by atoms with Crippen LogP contribution in [0.3, 0.4) is 0 Å². The normalized spacial score (nSPS) is 18.5. The molecule has 1 aliphatic heterocycles. The van der Waals surface area contributed by atoms with E-state index in [4.69, 9.17) is 21.1 Å². The SMILES string of the molecule is CCCN1CCC2(CC1)CC(OC(=O)C(O)(c1ccccc1)C1CCCC1)C2.COc1cc(NC=O)c(Cl)cc1CNCC(O)c1ccc(O)c2[nH]c(=O)ccc12. The fraction of sp³-hybridized carbons (Fsp3) is 0.477. The number of benzene rings is 3. The maximum absolute atomic E-state index is 13.2. The van der Waals surface area contributed by atoms with Gasteiger partial charge in [-0.3, -0.25) is 9.59 Å². The maximum Gasteiger partial charge on any atom is 0.343 e. The molecule has 3 aromatic carbocycles. The minimum atomic E-state index is -1.50. The number of esters is 1. The average Bonchev–Trinajstić information content (AvgIpc) is 3.76. The van der Waals surface area contributed by atoms with Gasteiger partial charge in [-0.1, -0.05) is 67.8 Å². The zero-order chi connectivity index (χ0) is 40.6. The van der Waals surface area contributed by atoms with Crippen molar-refractivity contribution in [2.24, 2.45) is 11.3 Å². The van der Waals surface area contributed by atoms with Gasteiger partial charge in [0.15, 0.2) is 5.60 Å². The van der Waals surface area contributed by atoms with Crippen LogP contribution in [0.5, 0.6) is 11.5 Å². The zero-order valence-electron chi connectivity index (χ0n) is 32.8. The first-order valence-corrected chi connectivity index (χ1v) is 20.4. The minimum Gasteiger partial charge on any atom is -0.506 e. The Hall–Kier alpha value is -4.46. The topological polar surface area (TPSA) is 173 Å². The van der Waals surface area contributed by atoms with Crippen LogP contribution in [0.15, 0.2) is 71.5 Å². The summed E-state index contributed by atoms with van der Waals surface area (Å²) in [5.41, 5.74) is 1.26. The van der Waals surface area contributed by atoms with Crippen LogP contribution in [0.1, 0.15) is 87.5 Å². The van der Waals surface area contributed by atoms with Crippen molar-refractivity contribution >= 4 is 40.6 Å². The van der Waals surface area contributed by atoms with Crippen molar-refractivity contribution in [2.75, 3.05) is 38.6 Å². The Bertz CT molecular complexity index is 2040. The molecule has 4 aromatic rings. The molecule has 57 heavy (non-hydrogen) atoms. The molecule has 3 aliphatic rings. The van der Waals surface area contributed by atoms with Gasteiger partial charge in [-0.2, -0.15) is 0 Å². The second-order valence-corrected chi connectivity index (χ2v) is 16.1. The largest absolute Gasteiger partial charge is 0.506 e. The monoisotopic (exact) mass is 802 g/mol. The molecule has 1 spiro atoms. The summed E-state index contributed by atoms with van der Waals surface area (Å²) in [6.07, 6.45) is 9.13. The molecule has 12 nitrogen and oxygen atoms in total. The number of ether oxygens (including phenoxy) is 2. The molecule has 7 rings (SSSR count). The predicted octanol–water partition coefficient (Wildman–Crippen LogP) is 6.55. The lowest BCUT2D eigenvalue weighted by molar-refractivity contribution is -0.192. The van der Waals surface area contributed by atoms with E-state index in [0.29, 0.717) is 51.3 Å². The highest BCUT2D eigenvalue weighted by Crippen LogP contribution is 2.51. The maximum atomic E-state index is 13.2. The van der Waals surface area contributed by atoms with E-state index in [1.807, 2.05) is 30.3 Å². The number of piperidine rings is 1. The van der Waals surface area contributed by atoms with Gasteiger partial charge in [0.25, 0.3) is 0 Å². The number of aliphatic hydroxyl groups excluding tert-OH is 1. The molecular formula is C44H55ClN4O8. The minimum absolute atomic E-state index is 0.0261. The number of nitrogens with one attached hydrogen (secondary N) is 3. The van der Waals surface area contributed by atoms with Gasteiger partial charge in [-0.05, 0) is 99.3 Å². The van der Waals surface area contributed by atoms with E-state index in [1.165, 1.54) is 58.1 Å². The third-order valence-electron chi connectivity index (χ3n) is 12.0. The first kappa shape index (κ1) is 42.2. The van der Waals surface area contributed by atoms with Crippen molar-refractivity contribution in [3.8, 4) is 11.5 Å². The fourth-order valence-electron chi connectivity index (χ4n) is 8.86. The van der Waals surface area contributed by atoms with Crippen LogP contribution in [0.2, 0.25) is 5.02 Å². The molecule has 13 heteroatoms. The van der Waals surface area contributed by atoms with E-state index in [9.17, 15) is 29.7 Å². The summed E-state index contributed by atoms with van der Waals surface area (Å²) in [6.45, 7) is 6.33. The van der Waals surface area contributed by atoms with Crippen molar-refractivity contribution in [3.63, 3.8) is 0 Å². The quantitative estimate of drug-likeness (QED) is 0.0607. The van der Waals surface area contributed by atoms with Gasteiger partial charge in [0.1, 0.15) is 17.6 Å². The molecule has 1 saturated heterocycles. The van der Waals surface area contributed by atoms with Crippen molar-refractivity contribution in [2.45, 2.75) is 89.1 Å². The Morgan fingerprint density at radius 1 is 1.09 bits per heavy atom. The first-order chi connectivity index (χ1) is 27.5. The average molecular weight is 803 g/mol. The lowest BCUT2D eigenvalue weighted by atomic mass is 9.61. The number of H-pyrrole nitrogens is 1. The smallest absolute Gasteiger partial charge is 0.343 e. The van der Waals surface area contributed by atoms with Gasteiger partial charge in [0.2, 0.25) is 12.0 Å². The van der Waals surface area contributed by atoms with Crippen LogP contribution in [-0.2, 0) is 26.5 Å². The molecule has 1 amide bonds. The third-order valence-corrected chi connectivity index (χ3v) is 12.3. The van der Waals surface area contributed by atoms with Crippen LogP contribution < -0.4 is 20.9 Å². The Labute approximate surface area is 338 Å². The van der Waals surface area contributed by atoms with E-state index in [2.05, 4.69) is 27.4 Å². The van der Waals surface area contributed by atoms with E-state index in [0.717, 1.165) is 44.1 Å². The summed E-state index contributed by atoms with van der Waals surface area (Å²) in [5, 5.41) is 38.6. The number of hydrogen-bond acceptors (Lipinski definition) is 10. The van der Waals surface area contributed by atoms with Crippen molar-refractivity contribution < 1.29 is 34.4 Å². The number of pyridine rings is 1. The summed E-state index contributed by atoms with van der Waals surface area (Å²) in [6, 6.07) is 18.7. The lowest BCUT2D eigenvalue weighted by Gasteiger charge is -2.52. The Morgan fingerprint density at radius 3 is 2.47 bits per heavy atom. The summed E-state index contributed by atoms with van der Waals surface area (Å²) < 4.78 is 11.3. The van der Waals surface area contributed by atoms with Crippen molar-refractivity contribution in [1.82, 2.24) is 15.2 Å². The van der Waals surface area contributed by atoms with E-state index >= 15 is 0 Å². The molecule has 2 heterocycles. The Balaban J connectivity index is 0.000000193. The number of aliphatic hydroxyl groups is 2. The number of nitrogens with zero attached hydrogens (tertiary/aromatic N) is 1. The highest BCUT2D eigenvalue weighted by molar-refractivity contribution is 6.33. The van der Waals surface area contributed by atoms with Gasteiger partial charge in [0, 0.05) is 42.1 Å². The van der Waals surface area contributed by atoms with E-state index < -0.39 is 17.7 Å². The third kappa shape index (κ3) is 9.64. The summed E-state index contributed by atoms with van der Waals surface area (Å²) in [7, 11) is 1.51. The number of aromatic nitrogens is 1. The fourth-order valence-corrected chi connectivity index (χ4v) is 9.10. The standard InChI is InChI=1S/C24H35NO3.C20H20ClN3O5/c1-2-14-25-15-12-23(13-16-25)17-21(18-23)28-22(26)24(27,20-10-6-7-11-20)19-8-4-3-5-9-19;1-29-18-7-15(23-10-25)14(21)6-11(18)8-22-9-17(27)12-2-4-16(26)20-13(12)3-5-19(28)24-20/h3-5,8-9,20-21,27H,2,6-7,10-18H2,1H3;2-7,10,17,22,26-27H,8-9H2,1H3,(H,23,25)(H,24,28). The number of rotatable bonds is 14. The van der Waals surface area contributed by atoms with Gasteiger partial charge in [0.05, 0.1) is 29.4 Å². The number of fused-ring (bicyclic) bond motifs is 1. The molecule has 306 valence electrons.